The number of aryl methyl sites for hydroxylation is 1. The summed E-state index contributed by atoms with van der Waals surface area (Å²) < 4.78 is 0. The summed E-state index contributed by atoms with van der Waals surface area (Å²) in [5.74, 6) is 0.150. The number of hydrogen-bond donors (Lipinski definition) is 1. The zero-order valence-electron chi connectivity index (χ0n) is 12.5. The Labute approximate surface area is 153 Å². The monoisotopic (exact) mass is 388 g/mol. The van der Waals surface area contributed by atoms with E-state index in [1.165, 1.54) is 0 Å². The molecule has 0 spiro atoms. The highest BCUT2D eigenvalue weighted by Gasteiger charge is 2.48. The third-order valence-electron chi connectivity index (χ3n) is 3.93. The molecule has 2 fully saturated rings. The fourth-order valence-corrected chi connectivity index (χ4v) is 3.09. The fourth-order valence-electron chi connectivity index (χ4n) is 2.48. The molecule has 3 rings (SSSR count). The molecule has 2 heterocycles. The highest BCUT2D eigenvalue weighted by atomic mass is 35.5. The highest BCUT2D eigenvalue weighted by molar-refractivity contribution is 7.09. The fraction of sp³-hybridized carbons (Fsp3) is 0.692. The van der Waals surface area contributed by atoms with Crippen molar-refractivity contribution in [1.29, 1.82) is 0 Å². The molecule has 9 heteroatoms. The molecule has 1 aromatic heterocycles. The van der Waals surface area contributed by atoms with Crippen LogP contribution in [-0.2, 0) is 11.3 Å². The van der Waals surface area contributed by atoms with E-state index < -0.39 is 5.54 Å². The van der Waals surface area contributed by atoms with Gasteiger partial charge in [0.15, 0.2) is 0 Å². The highest BCUT2D eigenvalue weighted by Crippen LogP contribution is 2.34. The van der Waals surface area contributed by atoms with Crippen LogP contribution in [0, 0.1) is 6.92 Å². The van der Waals surface area contributed by atoms with Crippen LogP contribution in [0.15, 0.2) is 5.38 Å². The third-order valence-corrected chi connectivity index (χ3v) is 4.75. The molecule has 2 aliphatic rings. The minimum absolute atomic E-state index is 0. The number of amides is 1. The van der Waals surface area contributed by atoms with E-state index in [1.807, 2.05) is 11.8 Å². The van der Waals surface area contributed by atoms with Gasteiger partial charge in [-0.1, -0.05) is 0 Å². The van der Waals surface area contributed by atoms with Gasteiger partial charge in [0.05, 0.1) is 16.2 Å². The number of halogens is 3. The van der Waals surface area contributed by atoms with Crippen molar-refractivity contribution in [2.45, 2.75) is 31.8 Å². The van der Waals surface area contributed by atoms with Crippen LogP contribution < -0.4 is 5.73 Å². The van der Waals surface area contributed by atoms with Gasteiger partial charge in [0.25, 0.3) is 0 Å². The molecule has 0 bridgehead atoms. The van der Waals surface area contributed by atoms with E-state index in [1.54, 1.807) is 11.3 Å². The summed E-state index contributed by atoms with van der Waals surface area (Å²) in [6.45, 7) is 6.33. The van der Waals surface area contributed by atoms with Gasteiger partial charge < -0.3 is 10.6 Å². The van der Waals surface area contributed by atoms with Crippen LogP contribution in [0.4, 0.5) is 0 Å². The van der Waals surface area contributed by atoms with Crippen LogP contribution in [-0.4, -0.2) is 52.4 Å². The molecule has 1 aliphatic heterocycles. The van der Waals surface area contributed by atoms with Crippen molar-refractivity contribution in [2.75, 3.05) is 26.2 Å². The van der Waals surface area contributed by atoms with Gasteiger partial charge in [0.2, 0.25) is 5.91 Å². The molecule has 22 heavy (non-hydrogen) atoms. The molecule has 0 aromatic carbocycles. The Balaban J connectivity index is 0.00000147. The Morgan fingerprint density at radius 2 is 1.86 bits per heavy atom. The predicted molar refractivity (Wildman–Crippen MR) is 96.6 cm³/mol. The molecule has 1 aromatic rings. The number of thiazole rings is 1. The second-order valence-corrected chi connectivity index (χ2v) is 6.64. The van der Waals surface area contributed by atoms with Crippen molar-refractivity contribution in [2.24, 2.45) is 5.73 Å². The maximum atomic E-state index is 12.1. The number of nitrogens with two attached hydrogens (primary N) is 1. The minimum atomic E-state index is -0.520. The molecule has 1 saturated carbocycles. The van der Waals surface area contributed by atoms with E-state index in [4.69, 9.17) is 5.73 Å². The van der Waals surface area contributed by atoms with E-state index >= 15 is 0 Å². The lowest BCUT2D eigenvalue weighted by molar-refractivity contribution is -0.135. The summed E-state index contributed by atoms with van der Waals surface area (Å²) >= 11 is 1.69. The van der Waals surface area contributed by atoms with Gasteiger partial charge >= 0.3 is 0 Å². The van der Waals surface area contributed by atoms with E-state index in [0.717, 1.165) is 56.3 Å². The van der Waals surface area contributed by atoms with Crippen molar-refractivity contribution >= 4 is 54.5 Å². The number of hydrogen-bond acceptors (Lipinski definition) is 5. The topological polar surface area (TPSA) is 62.5 Å². The quantitative estimate of drug-likeness (QED) is 0.857. The first-order chi connectivity index (χ1) is 9.07. The van der Waals surface area contributed by atoms with E-state index in [-0.39, 0.29) is 43.1 Å². The summed E-state index contributed by atoms with van der Waals surface area (Å²) in [4.78, 5) is 20.9. The van der Waals surface area contributed by atoms with Crippen molar-refractivity contribution in [3.8, 4) is 0 Å². The Hall–Kier alpha value is -0.110. The Kier molecular flexibility index (Phi) is 8.62. The standard InChI is InChI=1S/C13H20N4OS.3ClH/c1-10-15-11(9-19-10)8-16-4-6-17(7-5-16)12(18)13(14)2-3-13;;;/h9H,2-8,14H2,1H3;3*1H. The molecule has 1 saturated heterocycles. The Morgan fingerprint density at radius 1 is 1.27 bits per heavy atom. The molecule has 0 atom stereocenters. The second-order valence-electron chi connectivity index (χ2n) is 5.58. The molecular weight excluding hydrogens is 367 g/mol. The Bertz CT molecular complexity index is 487. The summed E-state index contributed by atoms with van der Waals surface area (Å²) in [6.07, 6.45) is 1.70. The summed E-state index contributed by atoms with van der Waals surface area (Å²) in [5.41, 5.74) is 6.59. The van der Waals surface area contributed by atoms with Crippen LogP contribution in [0.25, 0.3) is 0 Å². The van der Waals surface area contributed by atoms with Gasteiger partial charge in [-0.25, -0.2) is 4.98 Å². The number of aromatic nitrogens is 1. The SMILES string of the molecule is Cc1nc(CN2CCN(C(=O)C3(N)CC3)CC2)cs1.Cl.Cl.Cl. The van der Waals surface area contributed by atoms with Crippen molar-refractivity contribution < 1.29 is 4.79 Å². The summed E-state index contributed by atoms with van der Waals surface area (Å²) in [5, 5.41) is 3.23. The summed E-state index contributed by atoms with van der Waals surface area (Å²) in [6, 6.07) is 0. The number of piperazine rings is 1. The molecular formula is C13H23Cl3N4OS. The van der Waals surface area contributed by atoms with Gasteiger partial charge in [-0.05, 0) is 19.8 Å². The molecule has 128 valence electrons. The van der Waals surface area contributed by atoms with Crippen LogP contribution in [0.1, 0.15) is 23.5 Å². The van der Waals surface area contributed by atoms with Crippen molar-refractivity contribution in [3.63, 3.8) is 0 Å². The van der Waals surface area contributed by atoms with Crippen molar-refractivity contribution in [1.82, 2.24) is 14.8 Å². The maximum Gasteiger partial charge on any atom is 0.242 e. The molecule has 1 aliphatic carbocycles. The van der Waals surface area contributed by atoms with Gasteiger partial charge in [-0.3, -0.25) is 9.69 Å². The first-order valence-corrected chi connectivity index (χ1v) is 7.66. The molecule has 2 N–H and O–H groups in total. The van der Waals surface area contributed by atoms with E-state index in [2.05, 4.69) is 15.3 Å². The smallest absolute Gasteiger partial charge is 0.242 e. The lowest BCUT2D eigenvalue weighted by atomic mass is 10.2. The second kappa shape index (κ2) is 8.66. The zero-order valence-corrected chi connectivity index (χ0v) is 15.8. The largest absolute Gasteiger partial charge is 0.339 e. The first kappa shape index (κ1) is 21.9. The van der Waals surface area contributed by atoms with Gasteiger partial charge in [0, 0.05) is 38.1 Å². The summed E-state index contributed by atoms with van der Waals surface area (Å²) in [7, 11) is 0. The van der Waals surface area contributed by atoms with Gasteiger partial charge in [-0.15, -0.1) is 48.6 Å². The number of nitrogens with zero attached hydrogens (tertiary/aromatic N) is 3. The van der Waals surface area contributed by atoms with Crippen LogP contribution >= 0.6 is 48.6 Å². The van der Waals surface area contributed by atoms with Crippen molar-refractivity contribution in [3.05, 3.63) is 16.1 Å². The lowest BCUT2D eigenvalue weighted by Crippen LogP contribution is -2.53. The molecule has 0 unspecified atom stereocenters. The number of carbonyl (C=O) groups is 1. The molecule has 5 nitrogen and oxygen atoms in total. The number of carbonyl (C=O) groups excluding carboxylic acids is 1. The first-order valence-electron chi connectivity index (χ1n) is 6.78. The maximum absolute atomic E-state index is 12.1. The molecule has 1 amide bonds. The average Bonchev–Trinajstić information content (AvgIpc) is 3.03. The van der Waals surface area contributed by atoms with E-state index in [9.17, 15) is 4.79 Å². The normalized spacial score (nSPS) is 19.5. The van der Waals surface area contributed by atoms with E-state index in [0.29, 0.717) is 0 Å². The Morgan fingerprint density at radius 3 is 2.32 bits per heavy atom. The van der Waals surface area contributed by atoms with Crippen LogP contribution in [0.2, 0.25) is 0 Å². The van der Waals surface area contributed by atoms with Gasteiger partial charge in [-0.2, -0.15) is 0 Å². The zero-order chi connectivity index (χ0) is 13.5. The lowest BCUT2D eigenvalue weighted by Gasteiger charge is -2.35. The van der Waals surface area contributed by atoms with Crippen LogP contribution in [0.3, 0.4) is 0 Å². The van der Waals surface area contributed by atoms with Gasteiger partial charge in [0.1, 0.15) is 0 Å². The average molecular weight is 390 g/mol. The third kappa shape index (κ3) is 4.94. The minimum Gasteiger partial charge on any atom is -0.339 e. The molecule has 0 radical (unpaired) electrons. The van der Waals surface area contributed by atoms with Crippen LogP contribution in [0.5, 0.6) is 0 Å². The predicted octanol–water partition coefficient (Wildman–Crippen LogP) is 1.85. The number of rotatable bonds is 3.